The minimum Gasteiger partial charge on any atom is -0.481 e. The number of carboxylic acid groups (broad SMARTS) is 1. The number of nitrogens with zero attached hydrogens (tertiary/aromatic N) is 1. The largest absolute Gasteiger partial charge is 0.481 e. The SMILES string of the molecule is CC1C[C@H](C(=O)N2CC3CCC2C3)[C@H](C(=O)O)C1. The van der Waals surface area contributed by atoms with Crippen LogP contribution in [0.4, 0.5) is 0 Å². The van der Waals surface area contributed by atoms with Gasteiger partial charge in [-0.15, -0.1) is 0 Å². The van der Waals surface area contributed by atoms with Crippen molar-refractivity contribution in [2.24, 2.45) is 23.7 Å². The van der Waals surface area contributed by atoms with Crippen molar-refractivity contribution in [3.05, 3.63) is 0 Å². The summed E-state index contributed by atoms with van der Waals surface area (Å²) in [6.07, 6.45) is 4.93. The van der Waals surface area contributed by atoms with Gasteiger partial charge in [0.25, 0.3) is 0 Å². The van der Waals surface area contributed by atoms with Crippen LogP contribution in [0, 0.1) is 23.7 Å². The van der Waals surface area contributed by atoms with Crippen LogP contribution < -0.4 is 0 Å². The Bertz CT molecular complexity index is 381. The number of hydrogen-bond donors (Lipinski definition) is 1. The van der Waals surface area contributed by atoms with Gasteiger partial charge in [-0.3, -0.25) is 9.59 Å². The van der Waals surface area contributed by atoms with Gasteiger partial charge in [0.15, 0.2) is 0 Å². The van der Waals surface area contributed by atoms with E-state index in [9.17, 15) is 14.7 Å². The van der Waals surface area contributed by atoms with E-state index in [2.05, 4.69) is 6.92 Å². The minimum absolute atomic E-state index is 0.124. The summed E-state index contributed by atoms with van der Waals surface area (Å²) in [7, 11) is 0. The predicted octanol–water partition coefficient (Wildman–Crippen LogP) is 1.74. The molecule has 100 valence electrons. The number of carboxylic acids is 1. The third kappa shape index (κ3) is 1.82. The van der Waals surface area contributed by atoms with E-state index in [4.69, 9.17) is 0 Å². The number of hydrogen-bond acceptors (Lipinski definition) is 2. The van der Waals surface area contributed by atoms with Crippen molar-refractivity contribution in [2.45, 2.75) is 45.1 Å². The molecule has 1 aliphatic heterocycles. The molecule has 18 heavy (non-hydrogen) atoms. The summed E-state index contributed by atoms with van der Waals surface area (Å²) in [5.41, 5.74) is 0. The van der Waals surface area contributed by atoms with Crippen LogP contribution in [0.5, 0.6) is 0 Å². The van der Waals surface area contributed by atoms with Gasteiger partial charge >= 0.3 is 5.97 Å². The van der Waals surface area contributed by atoms with Crippen LogP contribution in [-0.2, 0) is 9.59 Å². The van der Waals surface area contributed by atoms with Gasteiger partial charge in [-0.2, -0.15) is 0 Å². The Morgan fingerprint density at radius 3 is 2.39 bits per heavy atom. The monoisotopic (exact) mass is 251 g/mol. The molecule has 3 aliphatic rings. The quantitative estimate of drug-likeness (QED) is 0.813. The molecule has 0 aromatic heterocycles. The van der Waals surface area contributed by atoms with Crippen molar-refractivity contribution in [3.8, 4) is 0 Å². The Balaban J connectivity index is 1.73. The molecular formula is C14H21NO3. The summed E-state index contributed by atoms with van der Waals surface area (Å²) in [6, 6.07) is 0.410. The van der Waals surface area contributed by atoms with Crippen LogP contribution in [-0.4, -0.2) is 34.5 Å². The van der Waals surface area contributed by atoms with Crippen LogP contribution in [0.25, 0.3) is 0 Å². The first-order chi connectivity index (χ1) is 8.56. The van der Waals surface area contributed by atoms with Gasteiger partial charge in [-0.25, -0.2) is 0 Å². The number of aliphatic carboxylic acids is 1. The molecule has 3 unspecified atom stereocenters. The molecule has 0 aromatic rings. The Morgan fingerprint density at radius 2 is 1.83 bits per heavy atom. The van der Waals surface area contributed by atoms with Crippen molar-refractivity contribution >= 4 is 11.9 Å². The molecule has 5 atom stereocenters. The first kappa shape index (κ1) is 12.0. The first-order valence-corrected chi connectivity index (χ1v) is 7.09. The molecule has 1 N–H and O–H groups in total. The number of likely N-dealkylation sites (tertiary alicyclic amines) is 1. The molecule has 0 aromatic carbocycles. The van der Waals surface area contributed by atoms with E-state index in [-0.39, 0.29) is 11.8 Å². The fraction of sp³-hybridized carbons (Fsp3) is 0.857. The molecule has 0 spiro atoms. The molecule has 2 bridgehead atoms. The van der Waals surface area contributed by atoms with Crippen LogP contribution in [0.1, 0.15) is 39.0 Å². The van der Waals surface area contributed by atoms with E-state index >= 15 is 0 Å². The third-order valence-electron chi connectivity index (χ3n) is 5.12. The fourth-order valence-corrected chi connectivity index (χ4v) is 4.25. The van der Waals surface area contributed by atoms with E-state index < -0.39 is 11.9 Å². The number of carbonyl (C=O) groups excluding carboxylic acids is 1. The van der Waals surface area contributed by atoms with Gasteiger partial charge in [0.1, 0.15) is 0 Å². The summed E-state index contributed by atoms with van der Waals surface area (Å²) in [6.45, 7) is 2.93. The Morgan fingerprint density at radius 1 is 1.11 bits per heavy atom. The lowest BCUT2D eigenvalue weighted by molar-refractivity contribution is -0.149. The maximum atomic E-state index is 12.6. The second kappa shape index (κ2) is 4.25. The maximum Gasteiger partial charge on any atom is 0.307 e. The van der Waals surface area contributed by atoms with E-state index in [0.29, 0.717) is 24.3 Å². The molecule has 3 fully saturated rings. The number of carbonyl (C=O) groups is 2. The van der Waals surface area contributed by atoms with Crippen molar-refractivity contribution < 1.29 is 14.7 Å². The van der Waals surface area contributed by atoms with Gasteiger partial charge < -0.3 is 10.0 Å². The van der Waals surface area contributed by atoms with Crippen molar-refractivity contribution in [2.75, 3.05) is 6.54 Å². The predicted molar refractivity (Wildman–Crippen MR) is 65.9 cm³/mol. The molecule has 2 saturated carbocycles. The molecule has 0 radical (unpaired) electrons. The lowest BCUT2D eigenvalue weighted by Crippen LogP contribution is -2.43. The molecule has 2 aliphatic carbocycles. The van der Waals surface area contributed by atoms with Crippen LogP contribution in [0.15, 0.2) is 0 Å². The zero-order valence-electron chi connectivity index (χ0n) is 10.8. The zero-order chi connectivity index (χ0) is 12.9. The van der Waals surface area contributed by atoms with Gasteiger partial charge in [0.2, 0.25) is 5.91 Å². The van der Waals surface area contributed by atoms with Gasteiger partial charge in [0, 0.05) is 12.6 Å². The molecule has 3 rings (SSSR count). The average Bonchev–Trinajstić information content (AvgIpc) is 3.01. The highest BCUT2D eigenvalue weighted by Crippen LogP contribution is 2.42. The molecule has 1 saturated heterocycles. The molecular weight excluding hydrogens is 230 g/mol. The second-order valence-electron chi connectivity index (χ2n) is 6.45. The van der Waals surface area contributed by atoms with Crippen molar-refractivity contribution in [1.82, 2.24) is 4.90 Å². The Labute approximate surface area is 107 Å². The Kier molecular flexibility index (Phi) is 2.83. The summed E-state index contributed by atoms with van der Waals surface area (Å²) in [4.78, 5) is 25.8. The average molecular weight is 251 g/mol. The second-order valence-corrected chi connectivity index (χ2v) is 6.45. The summed E-state index contributed by atoms with van der Waals surface area (Å²) < 4.78 is 0. The molecule has 1 heterocycles. The topological polar surface area (TPSA) is 57.6 Å². The van der Waals surface area contributed by atoms with E-state index in [1.54, 1.807) is 0 Å². The number of fused-ring (bicyclic) bond motifs is 2. The van der Waals surface area contributed by atoms with Crippen LogP contribution >= 0.6 is 0 Å². The van der Waals surface area contributed by atoms with E-state index in [1.807, 2.05) is 4.90 Å². The summed E-state index contributed by atoms with van der Waals surface area (Å²) >= 11 is 0. The zero-order valence-corrected chi connectivity index (χ0v) is 10.8. The highest BCUT2D eigenvalue weighted by Gasteiger charge is 2.47. The standard InChI is InChI=1S/C14H21NO3/c1-8-4-11(12(5-8)14(17)18)13(16)15-7-9-2-3-10(15)6-9/h8-12H,2-7H2,1H3,(H,17,18)/t8?,9?,10?,11-,12+/m0/s1. The lowest BCUT2D eigenvalue weighted by atomic mass is 9.94. The number of amides is 1. The third-order valence-corrected chi connectivity index (χ3v) is 5.12. The molecule has 1 amide bonds. The van der Waals surface area contributed by atoms with Crippen molar-refractivity contribution in [1.29, 1.82) is 0 Å². The summed E-state index contributed by atoms with van der Waals surface area (Å²) in [5, 5.41) is 9.25. The first-order valence-electron chi connectivity index (χ1n) is 7.09. The molecule has 4 heteroatoms. The highest BCUT2D eigenvalue weighted by atomic mass is 16.4. The molecule has 4 nitrogen and oxygen atoms in total. The van der Waals surface area contributed by atoms with E-state index in [0.717, 1.165) is 25.8 Å². The van der Waals surface area contributed by atoms with Crippen molar-refractivity contribution in [3.63, 3.8) is 0 Å². The van der Waals surface area contributed by atoms with Gasteiger partial charge in [0.05, 0.1) is 11.8 Å². The Hall–Kier alpha value is -1.06. The van der Waals surface area contributed by atoms with Crippen LogP contribution in [0.3, 0.4) is 0 Å². The maximum absolute atomic E-state index is 12.6. The minimum atomic E-state index is -0.790. The lowest BCUT2D eigenvalue weighted by Gasteiger charge is -2.30. The highest BCUT2D eigenvalue weighted by molar-refractivity contribution is 5.86. The normalized spacial score (nSPS) is 42.5. The van der Waals surface area contributed by atoms with E-state index in [1.165, 1.54) is 6.42 Å². The van der Waals surface area contributed by atoms with Gasteiger partial charge in [-0.1, -0.05) is 6.92 Å². The summed E-state index contributed by atoms with van der Waals surface area (Å²) in [5.74, 6) is -0.342. The van der Waals surface area contributed by atoms with Gasteiger partial charge in [-0.05, 0) is 43.9 Å². The van der Waals surface area contributed by atoms with Crippen LogP contribution in [0.2, 0.25) is 0 Å². The smallest absolute Gasteiger partial charge is 0.307 e. The number of piperidine rings is 1. The fourth-order valence-electron chi connectivity index (χ4n) is 4.25. The number of rotatable bonds is 2.